The number of nitrogens with two attached hydrogens (primary N) is 1. The van der Waals surface area contributed by atoms with Crippen LogP contribution in [0, 0.1) is 5.82 Å². The molecular weight excluding hydrogens is 277 g/mol. The summed E-state index contributed by atoms with van der Waals surface area (Å²) in [5.74, 6) is -0.547. The van der Waals surface area contributed by atoms with Crippen LogP contribution in [0.5, 0.6) is 0 Å². The fourth-order valence-electron chi connectivity index (χ4n) is 1.72. The van der Waals surface area contributed by atoms with Gasteiger partial charge in [0.25, 0.3) is 0 Å². The zero-order chi connectivity index (χ0) is 14.5. The molecule has 2 aromatic carbocycles. The smallest absolute Gasteiger partial charge is 0.160 e. The Hall–Kier alpha value is -2.13. The summed E-state index contributed by atoms with van der Waals surface area (Å²) in [5.41, 5.74) is 7.60. The van der Waals surface area contributed by atoms with Gasteiger partial charge < -0.3 is 5.73 Å². The summed E-state index contributed by atoms with van der Waals surface area (Å²) in [6, 6.07) is 11.1. The minimum atomic E-state index is -0.403. The Morgan fingerprint density at radius 2 is 1.90 bits per heavy atom. The molecule has 0 saturated carbocycles. The van der Waals surface area contributed by atoms with E-state index in [1.165, 1.54) is 24.3 Å². The first-order valence-corrected chi connectivity index (χ1v) is 6.43. The van der Waals surface area contributed by atoms with Crippen LogP contribution in [0.15, 0.2) is 48.5 Å². The van der Waals surface area contributed by atoms with Gasteiger partial charge in [0.1, 0.15) is 5.82 Å². The van der Waals surface area contributed by atoms with E-state index in [2.05, 4.69) is 0 Å². The Kier molecular flexibility index (Phi) is 4.53. The lowest BCUT2D eigenvalue weighted by atomic mass is 10.1. The maximum Gasteiger partial charge on any atom is 0.160 e. The standard InChI is InChI=1S/C16H13ClFNO/c17-16-8-4-13(18)9-12(16)10-15(20)7-3-11-1-5-14(19)6-2-11/h1-9H,10,19H2/b7-3+. The molecular formula is C16H13ClFNO. The average Bonchev–Trinajstić information content (AvgIpc) is 2.42. The van der Waals surface area contributed by atoms with Crippen LogP contribution in [0.1, 0.15) is 11.1 Å². The van der Waals surface area contributed by atoms with Crippen molar-refractivity contribution in [3.63, 3.8) is 0 Å². The molecule has 0 heterocycles. The molecule has 0 bridgehead atoms. The van der Waals surface area contributed by atoms with Gasteiger partial charge in [0.05, 0.1) is 0 Å². The van der Waals surface area contributed by atoms with Crippen LogP contribution in [0.25, 0.3) is 6.08 Å². The van der Waals surface area contributed by atoms with Crippen molar-refractivity contribution in [1.29, 1.82) is 0 Å². The first kappa shape index (κ1) is 14.3. The van der Waals surface area contributed by atoms with Gasteiger partial charge >= 0.3 is 0 Å². The molecule has 0 aromatic heterocycles. The van der Waals surface area contributed by atoms with Crippen molar-refractivity contribution in [3.05, 3.63) is 70.5 Å². The molecule has 2 N–H and O–H groups in total. The van der Waals surface area contributed by atoms with E-state index in [-0.39, 0.29) is 12.2 Å². The molecule has 2 aromatic rings. The lowest BCUT2D eigenvalue weighted by molar-refractivity contribution is -0.113. The van der Waals surface area contributed by atoms with Gasteiger partial charge in [0, 0.05) is 17.1 Å². The number of carbonyl (C=O) groups is 1. The van der Waals surface area contributed by atoms with Crippen molar-refractivity contribution in [3.8, 4) is 0 Å². The summed E-state index contributed by atoms with van der Waals surface area (Å²) in [6.07, 6.45) is 3.21. The third kappa shape index (κ3) is 3.93. The van der Waals surface area contributed by atoms with Crippen LogP contribution in [0.3, 0.4) is 0 Å². The van der Waals surface area contributed by atoms with E-state index in [4.69, 9.17) is 17.3 Å². The highest BCUT2D eigenvalue weighted by Crippen LogP contribution is 2.18. The Bertz CT molecular complexity index is 650. The highest BCUT2D eigenvalue weighted by molar-refractivity contribution is 6.31. The van der Waals surface area contributed by atoms with E-state index in [0.717, 1.165) is 5.56 Å². The van der Waals surface area contributed by atoms with Crippen molar-refractivity contribution < 1.29 is 9.18 Å². The maximum absolute atomic E-state index is 13.1. The summed E-state index contributed by atoms with van der Waals surface area (Å²) >= 11 is 5.92. The van der Waals surface area contributed by atoms with Gasteiger partial charge in [0.15, 0.2) is 5.78 Å². The molecule has 20 heavy (non-hydrogen) atoms. The number of hydrogen-bond donors (Lipinski definition) is 1. The van der Waals surface area contributed by atoms with Crippen LogP contribution in [0.4, 0.5) is 10.1 Å². The first-order valence-electron chi connectivity index (χ1n) is 6.05. The van der Waals surface area contributed by atoms with Gasteiger partial charge in [-0.2, -0.15) is 0 Å². The monoisotopic (exact) mass is 289 g/mol. The van der Waals surface area contributed by atoms with Crippen molar-refractivity contribution in [2.75, 3.05) is 5.73 Å². The minimum absolute atomic E-state index is 0.0715. The first-order chi connectivity index (χ1) is 9.54. The molecule has 4 heteroatoms. The normalized spacial score (nSPS) is 10.9. The van der Waals surface area contributed by atoms with Gasteiger partial charge in [-0.3, -0.25) is 4.79 Å². The van der Waals surface area contributed by atoms with Crippen molar-refractivity contribution in [2.24, 2.45) is 0 Å². The quantitative estimate of drug-likeness (QED) is 0.685. The lowest BCUT2D eigenvalue weighted by Gasteiger charge is -2.01. The largest absolute Gasteiger partial charge is 0.399 e. The number of hydrogen-bond acceptors (Lipinski definition) is 2. The molecule has 2 rings (SSSR count). The number of allylic oxidation sites excluding steroid dienone is 1. The second-order valence-corrected chi connectivity index (χ2v) is 4.79. The third-order valence-electron chi connectivity index (χ3n) is 2.77. The minimum Gasteiger partial charge on any atom is -0.399 e. The average molecular weight is 290 g/mol. The molecule has 2 nitrogen and oxygen atoms in total. The van der Waals surface area contributed by atoms with Crippen LogP contribution in [-0.4, -0.2) is 5.78 Å². The van der Waals surface area contributed by atoms with E-state index in [1.54, 1.807) is 18.2 Å². The molecule has 0 fully saturated rings. The van der Waals surface area contributed by atoms with E-state index in [9.17, 15) is 9.18 Å². The molecule has 0 spiro atoms. The topological polar surface area (TPSA) is 43.1 Å². The molecule has 0 aliphatic carbocycles. The third-order valence-corrected chi connectivity index (χ3v) is 3.14. The molecule has 0 aliphatic rings. The fourth-order valence-corrected chi connectivity index (χ4v) is 1.91. The lowest BCUT2D eigenvalue weighted by Crippen LogP contribution is -1.99. The maximum atomic E-state index is 13.1. The van der Waals surface area contributed by atoms with Crippen molar-refractivity contribution in [2.45, 2.75) is 6.42 Å². The Morgan fingerprint density at radius 3 is 2.60 bits per heavy atom. The second kappa shape index (κ2) is 6.35. The van der Waals surface area contributed by atoms with Gasteiger partial charge in [-0.15, -0.1) is 0 Å². The summed E-state index contributed by atoms with van der Waals surface area (Å²) < 4.78 is 13.1. The van der Waals surface area contributed by atoms with Crippen LogP contribution < -0.4 is 5.73 Å². The zero-order valence-corrected chi connectivity index (χ0v) is 11.4. The van der Waals surface area contributed by atoms with Crippen molar-refractivity contribution in [1.82, 2.24) is 0 Å². The molecule has 0 unspecified atom stereocenters. The van der Waals surface area contributed by atoms with E-state index in [1.807, 2.05) is 12.1 Å². The second-order valence-electron chi connectivity index (χ2n) is 4.38. The molecule has 0 aliphatic heterocycles. The molecule has 0 radical (unpaired) electrons. The highest BCUT2D eigenvalue weighted by atomic mass is 35.5. The number of ketones is 1. The fraction of sp³-hybridized carbons (Fsp3) is 0.0625. The highest BCUT2D eigenvalue weighted by Gasteiger charge is 2.06. The SMILES string of the molecule is Nc1ccc(/C=C/C(=O)Cc2cc(F)ccc2Cl)cc1. The zero-order valence-electron chi connectivity index (χ0n) is 10.6. The Balaban J connectivity index is 2.05. The van der Waals surface area contributed by atoms with Gasteiger partial charge in [-0.25, -0.2) is 4.39 Å². The number of nitrogen functional groups attached to an aromatic ring is 1. The number of halogens is 2. The van der Waals surface area contributed by atoms with Gasteiger partial charge in [-0.05, 0) is 47.5 Å². The molecule has 0 amide bonds. The number of anilines is 1. The summed E-state index contributed by atoms with van der Waals surface area (Å²) in [5, 5.41) is 0.389. The number of rotatable bonds is 4. The summed E-state index contributed by atoms with van der Waals surface area (Å²) in [7, 11) is 0. The van der Waals surface area contributed by atoms with Crippen LogP contribution in [-0.2, 0) is 11.2 Å². The number of benzene rings is 2. The predicted molar refractivity (Wildman–Crippen MR) is 80.0 cm³/mol. The van der Waals surface area contributed by atoms with Crippen LogP contribution >= 0.6 is 11.6 Å². The Labute approximate surface area is 121 Å². The van der Waals surface area contributed by atoms with E-state index >= 15 is 0 Å². The van der Waals surface area contributed by atoms with Gasteiger partial charge in [0.2, 0.25) is 0 Å². The summed E-state index contributed by atoms with van der Waals surface area (Å²) in [6.45, 7) is 0. The molecule has 0 saturated heterocycles. The molecule has 0 atom stereocenters. The van der Waals surface area contributed by atoms with Crippen LogP contribution in [0.2, 0.25) is 5.02 Å². The van der Waals surface area contributed by atoms with E-state index < -0.39 is 5.82 Å². The number of carbonyl (C=O) groups excluding carboxylic acids is 1. The summed E-state index contributed by atoms with van der Waals surface area (Å²) in [4.78, 5) is 11.8. The van der Waals surface area contributed by atoms with Crippen molar-refractivity contribution >= 4 is 29.1 Å². The molecule has 102 valence electrons. The van der Waals surface area contributed by atoms with E-state index in [0.29, 0.717) is 16.3 Å². The Morgan fingerprint density at radius 1 is 1.20 bits per heavy atom. The predicted octanol–water partition coefficient (Wildman–Crippen LogP) is 3.89. The van der Waals surface area contributed by atoms with Gasteiger partial charge in [-0.1, -0.05) is 29.8 Å².